The van der Waals surface area contributed by atoms with Gasteiger partial charge in [-0.3, -0.25) is 15.1 Å². The lowest BCUT2D eigenvalue weighted by molar-refractivity contribution is 0.261. The molecule has 0 saturated carbocycles. The van der Waals surface area contributed by atoms with Crippen molar-refractivity contribution in [2.24, 2.45) is 0 Å². The van der Waals surface area contributed by atoms with Gasteiger partial charge in [0.25, 0.3) is 0 Å². The summed E-state index contributed by atoms with van der Waals surface area (Å²) in [5, 5.41) is 19.3. The number of likely N-dealkylation sites (N-methyl/N-ethyl adjacent to an activating group) is 1. The second-order valence-electron chi connectivity index (χ2n) is 9.40. The predicted molar refractivity (Wildman–Crippen MR) is 146 cm³/mol. The molecule has 8 nitrogen and oxygen atoms in total. The van der Waals surface area contributed by atoms with Crippen molar-refractivity contribution in [3.05, 3.63) is 79.0 Å². The van der Waals surface area contributed by atoms with Gasteiger partial charge in [-0.2, -0.15) is 5.10 Å². The minimum absolute atomic E-state index is 0.118. The lowest BCUT2D eigenvalue weighted by Crippen LogP contribution is -2.19. The lowest BCUT2D eigenvalue weighted by Gasteiger charge is -2.11. The largest absolute Gasteiger partial charge is 0.508 e. The molecular formula is C29H25FN6O2. The van der Waals surface area contributed by atoms with Crippen molar-refractivity contribution < 1.29 is 14.2 Å². The smallest absolute Gasteiger partial charge is 0.138 e. The molecule has 3 N–H and O–H groups in total. The van der Waals surface area contributed by atoms with E-state index in [9.17, 15) is 9.50 Å². The Bertz CT molecular complexity index is 1750. The van der Waals surface area contributed by atoms with E-state index in [1.54, 1.807) is 24.7 Å². The maximum absolute atomic E-state index is 14.0. The van der Waals surface area contributed by atoms with Crippen LogP contribution >= 0.6 is 0 Å². The number of aromatic amines is 2. The van der Waals surface area contributed by atoms with Crippen molar-refractivity contribution in [2.45, 2.75) is 0 Å². The third-order valence-electron chi connectivity index (χ3n) is 6.38. The molecular weight excluding hydrogens is 483 g/mol. The van der Waals surface area contributed by atoms with Crippen molar-refractivity contribution in [2.75, 3.05) is 27.2 Å². The summed E-state index contributed by atoms with van der Waals surface area (Å²) < 4.78 is 19.9. The third kappa shape index (κ3) is 4.55. The molecule has 0 unspecified atom stereocenters. The molecule has 6 rings (SSSR count). The maximum Gasteiger partial charge on any atom is 0.138 e. The summed E-state index contributed by atoms with van der Waals surface area (Å²) in [6.07, 6.45) is 5.21. The van der Waals surface area contributed by atoms with E-state index in [2.05, 4.69) is 30.0 Å². The van der Waals surface area contributed by atoms with Gasteiger partial charge in [0.15, 0.2) is 0 Å². The van der Waals surface area contributed by atoms with Crippen LogP contribution in [0.15, 0.2) is 73.2 Å². The number of pyridine rings is 2. The number of aromatic nitrogens is 5. The van der Waals surface area contributed by atoms with Gasteiger partial charge < -0.3 is 19.7 Å². The van der Waals surface area contributed by atoms with Crippen LogP contribution in [0.25, 0.3) is 55.6 Å². The molecule has 0 bridgehead atoms. The molecule has 0 atom stereocenters. The number of rotatable bonds is 7. The first-order valence-corrected chi connectivity index (χ1v) is 12.1. The molecule has 0 amide bonds. The zero-order chi connectivity index (χ0) is 26.2. The highest BCUT2D eigenvalue weighted by atomic mass is 19.1. The number of hydrogen-bond acceptors (Lipinski definition) is 6. The van der Waals surface area contributed by atoms with Gasteiger partial charge >= 0.3 is 0 Å². The standard InChI is InChI=1S/C29H25FN6O2/c1-36(2)6-7-38-21-10-18(14-31-15-21)26-13-24-28(16-32-26)34-35-29(24)27-12-23-22(4-3-5-25(23)33-27)17-8-19(30)11-20(37)9-17/h3-5,8-16,33,37H,6-7H2,1-2H3,(H,34,35). The molecule has 6 aromatic rings. The summed E-state index contributed by atoms with van der Waals surface area (Å²) in [6, 6.07) is 15.7. The number of halogens is 1. The Balaban J connectivity index is 1.38. The van der Waals surface area contributed by atoms with E-state index in [1.807, 2.05) is 50.5 Å². The summed E-state index contributed by atoms with van der Waals surface area (Å²) in [4.78, 5) is 14.4. The summed E-state index contributed by atoms with van der Waals surface area (Å²) in [5.74, 6) is 0.0747. The topological polar surface area (TPSA) is 103 Å². The van der Waals surface area contributed by atoms with Crippen molar-refractivity contribution in [3.8, 4) is 45.3 Å². The minimum Gasteiger partial charge on any atom is -0.508 e. The van der Waals surface area contributed by atoms with Gasteiger partial charge in [-0.25, -0.2) is 4.39 Å². The Morgan fingerprint density at radius 2 is 1.84 bits per heavy atom. The molecule has 4 heterocycles. The Morgan fingerprint density at radius 1 is 0.947 bits per heavy atom. The molecule has 0 saturated heterocycles. The molecule has 0 radical (unpaired) electrons. The van der Waals surface area contributed by atoms with Gasteiger partial charge in [0.2, 0.25) is 0 Å². The number of nitrogens with zero attached hydrogens (tertiary/aromatic N) is 4. The van der Waals surface area contributed by atoms with E-state index < -0.39 is 5.82 Å². The first-order chi connectivity index (χ1) is 18.4. The average molecular weight is 509 g/mol. The normalized spacial score (nSPS) is 11.6. The summed E-state index contributed by atoms with van der Waals surface area (Å²) in [5.41, 5.74) is 6.19. The van der Waals surface area contributed by atoms with Crippen LogP contribution in [0.2, 0.25) is 0 Å². The summed E-state index contributed by atoms with van der Waals surface area (Å²) in [7, 11) is 4.00. The molecule has 2 aromatic carbocycles. The van der Waals surface area contributed by atoms with Crippen molar-refractivity contribution in [1.29, 1.82) is 0 Å². The Labute approximate surface area is 217 Å². The quantitative estimate of drug-likeness (QED) is 0.259. The van der Waals surface area contributed by atoms with Gasteiger partial charge in [-0.1, -0.05) is 12.1 Å². The highest BCUT2D eigenvalue weighted by Crippen LogP contribution is 2.36. The minimum atomic E-state index is -0.493. The zero-order valence-electron chi connectivity index (χ0n) is 20.9. The van der Waals surface area contributed by atoms with E-state index in [-0.39, 0.29) is 5.75 Å². The van der Waals surface area contributed by atoms with Gasteiger partial charge in [0, 0.05) is 40.7 Å². The fraction of sp³-hybridized carbons (Fsp3) is 0.138. The first kappa shape index (κ1) is 23.6. The molecule has 0 spiro atoms. The Hall–Kier alpha value is -4.76. The number of nitrogens with one attached hydrogen (secondary N) is 2. The number of H-pyrrole nitrogens is 2. The van der Waals surface area contributed by atoms with Gasteiger partial charge in [0.1, 0.15) is 29.6 Å². The highest BCUT2D eigenvalue weighted by Gasteiger charge is 2.16. The number of aromatic hydroxyl groups is 1. The van der Waals surface area contributed by atoms with Crippen LogP contribution in [0.5, 0.6) is 11.5 Å². The fourth-order valence-corrected chi connectivity index (χ4v) is 4.53. The van der Waals surface area contributed by atoms with Crippen molar-refractivity contribution in [1.82, 2.24) is 30.0 Å². The van der Waals surface area contributed by atoms with Crippen LogP contribution in [-0.4, -0.2) is 62.4 Å². The van der Waals surface area contributed by atoms with Gasteiger partial charge in [-0.15, -0.1) is 0 Å². The molecule has 9 heteroatoms. The van der Waals surface area contributed by atoms with Crippen molar-refractivity contribution >= 4 is 21.8 Å². The van der Waals surface area contributed by atoms with Crippen LogP contribution in [0.4, 0.5) is 4.39 Å². The zero-order valence-corrected chi connectivity index (χ0v) is 20.9. The van der Waals surface area contributed by atoms with Crippen molar-refractivity contribution in [3.63, 3.8) is 0 Å². The SMILES string of the molecule is CN(C)CCOc1cncc(-c2cc3c(-c4cc5c(-c6cc(O)cc(F)c6)cccc5[nH]4)n[nH]c3cn2)c1. The average Bonchev–Trinajstić information content (AvgIpc) is 3.51. The number of phenols is 1. The highest BCUT2D eigenvalue weighted by molar-refractivity contribution is 6.01. The van der Waals surface area contributed by atoms with E-state index in [1.165, 1.54) is 6.07 Å². The second-order valence-corrected chi connectivity index (χ2v) is 9.40. The molecule has 0 aliphatic heterocycles. The second kappa shape index (κ2) is 9.60. The van der Waals surface area contributed by atoms with E-state index in [0.717, 1.165) is 62.6 Å². The summed E-state index contributed by atoms with van der Waals surface area (Å²) in [6.45, 7) is 1.37. The van der Waals surface area contributed by atoms with Crippen LogP contribution < -0.4 is 4.74 Å². The third-order valence-corrected chi connectivity index (χ3v) is 6.38. The number of benzene rings is 2. The van der Waals surface area contributed by atoms with Gasteiger partial charge in [-0.05, 0) is 61.6 Å². The van der Waals surface area contributed by atoms with E-state index in [0.29, 0.717) is 17.9 Å². The van der Waals surface area contributed by atoms with E-state index >= 15 is 0 Å². The molecule has 190 valence electrons. The molecule has 4 aromatic heterocycles. The monoisotopic (exact) mass is 508 g/mol. The number of hydrogen-bond donors (Lipinski definition) is 3. The maximum atomic E-state index is 14.0. The predicted octanol–water partition coefficient (Wildman–Crippen LogP) is 5.62. The molecule has 0 fully saturated rings. The molecule has 38 heavy (non-hydrogen) atoms. The Kier molecular flexibility index (Phi) is 5.97. The van der Waals surface area contributed by atoms with Gasteiger partial charge in [0.05, 0.1) is 29.3 Å². The number of phenolic OH excluding ortho intramolecular Hbond substituents is 1. The fourth-order valence-electron chi connectivity index (χ4n) is 4.53. The molecule has 0 aliphatic carbocycles. The van der Waals surface area contributed by atoms with Crippen LogP contribution in [0.1, 0.15) is 0 Å². The van der Waals surface area contributed by atoms with E-state index in [4.69, 9.17) is 4.74 Å². The summed E-state index contributed by atoms with van der Waals surface area (Å²) >= 11 is 0. The number of ether oxygens (including phenoxy) is 1. The van der Waals surface area contributed by atoms with Crippen LogP contribution in [0.3, 0.4) is 0 Å². The molecule has 0 aliphatic rings. The van der Waals surface area contributed by atoms with Crippen LogP contribution in [0, 0.1) is 5.82 Å². The van der Waals surface area contributed by atoms with Crippen LogP contribution in [-0.2, 0) is 0 Å². The number of fused-ring (bicyclic) bond motifs is 2. The first-order valence-electron chi connectivity index (χ1n) is 12.1. The Morgan fingerprint density at radius 3 is 2.68 bits per heavy atom. The lowest BCUT2D eigenvalue weighted by atomic mass is 10.0.